The number of nitrogens with one attached hydrogen (secondary N) is 1. The van der Waals surface area contributed by atoms with E-state index in [4.69, 9.17) is 11.6 Å². The molecule has 0 unspecified atom stereocenters. The summed E-state index contributed by atoms with van der Waals surface area (Å²) in [6.45, 7) is 5.26. The minimum absolute atomic E-state index is 0.117. The van der Waals surface area contributed by atoms with Crippen molar-refractivity contribution in [2.75, 3.05) is 6.54 Å². The van der Waals surface area contributed by atoms with E-state index in [0.29, 0.717) is 16.5 Å². The predicted molar refractivity (Wildman–Crippen MR) is 77.1 cm³/mol. The lowest BCUT2D eigenvalue weighted by molar-refractivity contribution is 0.114. The van der Waals surface area contributed by atoms with E-state index in [1.807, 2.05) is 6.07 Å². The molecule has 1 aromatic carbocycles. The van der Waals surface area contributed by atoms with Gasteiger partial charge in [-0.3, -0.25) is 0 Å². The second kappa shape index (κ2) is 4.46. The van der Waals surface area contributed by atoms with Crippen LogP contribution >= 0.6 is 11.6 Å². The third kappa shape index (κ3) is 2.41. The maximum atomic E-state index is 13.2. The van der Waals surface area contributed by atoms with Crippen LogP contribution in [0.5, 0.6) is 0 Å². The molecule has 0 bridgehead atoms. The molecule has 1 spiro atoms. The Morgan fingerprint density at radius 2 is 2.00 bits per heavy atom. The van der Waals surface area contributed by atoms with E-state index in [9.17, 15) is 4.39 Å². The fourth-order valence-corrected chi connectivity index (χ4v) is 4.01. The number of rotatable bonds is 4. The van der Waals surface area contributed by atoms with E-state index in [1.54, 1.807) is 0 Å². The molecule has 0 aromatic heterocycles. The summed E-state index contributed by atoms with van der Waals surface area (Å²) in [6.07, 6.45) is 5.11. The molecule has 1 nitrogen and oxygen atoms in total. The summed E-state index contributed by atoms with van der Waals surface area (Å²) < 4.78 is 13.2. The molecule has 19 heavy (non-hydrogen) atoms. The van der Waals surface area contributed by atoms with E-state index < -0.39 is 0 Å². The number of hydrogen-bond donors (Lipinski definition) is 1. The molecule has 1 N–H and O–H groups in total. The highest BCUT2D eigenvalue weighted by Gasteiger charge is 2.61. The van der Waals surface area contributed by atoms with Gasteiger partial charge in [0.2, 0.25) is 0 Å². The normalized spacial score (nSPS) is 22.6. The first-order valence-electron chi connectivity index (χ1n) is 7.14. The first kappa shape index (κ1) is 13.4. The van der Waals surface area contributed by atoms with Crippen molar-refractivity contribution in [3.8, 4) is 0 Å². The zero-order valence-electron chi connectivity index (χ0n) is 11.6. The average molecular weight is 282 g/mol. The van der Waals surface area contributed by atoms with Crippen molar-refractivity contribution < 1.29 is 4.39 Å². The number of hydrogen-bond acceptors (Lipinski definition) is 1. The molecule has 2 fully saturated rings. The van der Waals surface area contributed by atoms with Gasteiger partial charge in [0.25, 0.3) is 0 Å². The minimum atomic E-state index is -0.249. The van der Waals surface area contributed by atoms with Gasteiger partial charge >= 0.3 is 0 Å². The molecule has 0 saturated heterocycles. The molecule has 3 rings (SSSR count). The highest BCUT2D eigenvalue weighted by Crippen LogP contribution is 2.69. The van der Waals surface area contributed by atoms with Crippen molar-refractivity contribution in [2.24, 2.45) is 5.41 Å². The summed E-state index contributed by atoms with van der Waals surface area (Å²) >= 11 is 6.29. The van der Waals surface area contributed by atoms with Crippen LogP contribution in [0.3, 0.4) is 0 Å². The highest BCUT2D eigenvalue weighted by atomic mass is 35.5. The standard InChI is InChI=1S/C16H21ClFN/c1-11(2)19-10-16(8-15(9-16)5-6-15)13-4-3-12(18)7-14(13)17/h3-4,7,11,19H,5-6,8-10H2,1-2H3. The Balaban J connectivity index is 1.86. The van der Waals surface area contributed by atoms with Crippen LogP contribution in [-0.2, 0) is 5.41 Å². The first-order chi connectivity index (χ1) is 8.95. The van der Waals surface area contributed by atoms with Gasteiger partial charge in [-0.05, 0) is 48.8 Å². The summed E-state index contributed by atoms with van der Waals surface area (Å²) in [7, 11) is 0. The largest absolute Gasteiger partial charge is 0.314 e. The maximum absolute atomic E-state index is 13.2. The molecule has 0 heterocycles. The van der Waals surface area contributed by atoms with Crippen LogP contribution in [0, 0.1) is 11.2 Å². The van der Waals surface area contributed by atoms with E-state index in [2.05, 4.69) is 19.2 Å². The van der Waals surface area contributed by atoms with Crippen LogP contribution in [-0.4, -0.2) is 12.6 Å². The van der Waals surface area contributed by atoms with Crippen molar-refractivity contribution >= 4 is 11.6 Å². The van der Waals surface area contributed by atoms with Crippen LogP contribution in [0.2, 0.25) is 5.02 Å². The summed E-state index contributed by atoms with van der Waals surface area (Å²) in [5.41, 5.74) is 1.84. The molecular weight excluding hydrogens is 261 g/mol. The van der Waals surface area contributed by atoms with Gasteiger partial charge in [-0.15, -0.1) is 0 Å². The quantitative estimate of drug-likeness (QED) is 0.868. The molecule has 0 aliphatic heterocycles. The topological polar surface area (TPSA) is 12.0 Å². The number of halogens is 2. The lowest BCUT2D eigenvalue weighted by Crippen LogP contribution is -2.51. The van der Waals surface area contributed by atoms with Gasteiger partial charge in [0.1, 0.15) is 5.82 Å². The Kier molecular flexibility index (Phi) is 3.14. The van der Waals surface area contributed by atoms with Crippen LogP contribution in [0.4, 0.5) is 4.39 Å². The van der Waals surface area contributed by atoms with Gasteiger partial charge in [0.05, 0.1) is 0 Å². The predicted octanol–water partition coefficient (Wildman–Crippen LogP) is 4.29. The maximum Gasteiger partial charge on any atom is 0.124 e. The average Bonchev–Trinajstić information content (AvgIpc) is 3.05. The SMILES string of the molecule is CC(C)NCC1(c2ccc(F)cc2Cl)CC2(CC2)C1. The lowest BCUT2D eigenvalue weighted by Gasteiger charge is -2.50. The molecule has 1 aromatic rings. The van der Waals surface area contributed by atoms with E-state index in [0.717, 1.165) is 12.1 Å². The minimum Gasteiger partial charge on any atom is -0.314 e. The summed E-state index contributed by atoms with van der Waals surface area (Å²) in [4.78, 5) is 0. The lowest BCUT2D eigenvalue weighted by atomic mass is 9.56. The molecule has 104 valence electrons. The van der Waals surface area contributed by atoms with Crippen LogP contribution in [0.1, 0.15) is 45.1 Å². The smallest absolute Gasteiger partial charge is 0.124 e. The van der Waals surface area contributed by atoms with E-state index in [-0.39, 0.29) is 11.2 Å². The van der Waals surface area contributed by atoms with Crippen molar-refractivity contribution in [3.63, 3.8) is 0 Å². The zero-order chi connectivity index (χ0) is 13.7. The van der Waals surface area contributed by atoms with Crippen molar-refractivity contribution in [1.29, 1.82) is 0 Å². The van der Waals surface area contributed by atoms with E-state index >= 15 is 0 Å². The van der Waals surface area contributed by atoms with Crippen LogP contribution < -0.4 is 5.32 Å². The third-order valence-corrected chi connectivity index (χ3v) is 5.05. The monoisotopic (exact) mass is 281 g/mol. The summed E-state index contributed by atoms with van der Waals surface area (Å²) in [5.74, 6) is -0.249. The molecule has 3 heteroatoms. The Labute approximate surface area is 119 Å². The molecule has 2 saturated carbocycles. The second-order valence-corrected chi connectivity index (χ2v) is 7.20. The van der Waals surface area contributed by atoms with Gasteiger partial charge in [-0.2, -0.15) is 0 Å². The summed E-state index contributed by atoms with van der Waals surface area (Å²) in [6, 6.07) is 5.34. The Hall–Kier alpha value is -0.600. The van der Waals surface area contributed by atoms with Crippen LogP contribution in [0.25, 0.3) is 0 Å². The first-order valence-corrected chi connectivity index (χ1v) is 7.52. The molecule has 2 aliphatic rings. The van der Waals surface area contributed by atoms with Gasteiger partial charge in [-0.1, -0.05) is 31.5 Å². The Bertz CT molecular complexity index is 486. The van der Waals surface area contributed by atoms with Crippen molar-refractivity contribution in [3.05, 3.63) is 34.6 Å². The zero-order valence-corrected chi connectivity index (χ0v) is 12.4. The molecule has 0 amide bonds. The Morgan fingerprint density at radius 1 is 1.32 bits per heavy atom. The molecular formula is C16H21ClFN. The third-order valence-electron chi connectivity index (χ3n) is 4.74. The highest BCUT2D eigenvalue weighted by molar-refractivity contribution is 6.31. The van der Waals surface area contributed by atoms with Crippen LogP contribution in [0.15, 0.2) is 18.2 Å². The molecule has 0 radical (unpaired) electrons. The molecule has 2 aliphatic carbocycles. The fourth-order valence-electron chi connectivity index (χ4n) is 3.64. The van der Waals surface area contributed by atoms with Gasteiger partial charge < -0.3 is 5.32 Å². The van der Waals surface area contributed by atoms with Crippen molar-refractivity contribution in [2.45, 2.75) is 51.0 Å². The Morgan fingerprint density at radius 3 is 2.53 bits per heavy atom. The van der Waals surface area contributed by atoms with Gasteiger partial charge in [0, 0.05) is 23.0 Å². The fraction of sp³-hybridized carbons (Fsp3) is 0.625. The molecule has 0 atom stereocenters. The summed E-state index contributed by atoms with van der Waals surface area (Å²) in [5, 5.41) is 4.13. The number of benzene rings is 1. The van der Waals surface area contributed by atoms with E-state index in [1.165, 1.54) is 37.8 Å². The second-order valence-electron chi connectivity index (χ2n) is 6.79. The van der Waals surface area contributed by atoms with Crippen molar-refractivity contribution in [1.82, 2.24) is 5.32 Å². The van der Waals surface area contributed by atoms with Gasteiger partial charge in [-0.25, -0.2) is 4.39 Å². The van der Waals surface area contributed by atoms with Gasteiger partial charge in [0.15, 0.2) is 0 Å².